The topological polar surface area (TPSA) is 21.3 Å². The summed E-state index contributed by atoms with van der Waals surface area (Å²) in [7, 11) is 0. The molecule has 2 nitrogen and oxygen atoms in total. The van der Waals surface area contributed by atoms with Crippen LogP contribution in [0.25, 0.3) is 37.9 Å². The molecule has 1 heterocycles. The van der Waals surface area contributed by atoms with E-state index in [1.807, 2.05) is 0 Å². The van der Waals surface area contributed by atoms with Crippen LogP contribution in [0.1, 0.15) is 103 Å². The number of allylic oxidation sites excluding steroid dienone is 17. The second kappa shape index (κ2) is 17.5. The van der Waals surface area contributed by atoms with Crippen molar-refractivity contribution < 1.29 is 4.74 Å². The Balaban J connectivity index is 1.11. The molecule has 1 atom stereocenters. The minimum atomic E-state index is -0.181. The quantitative estimate of drug-likeness (QED) is 0.165. The Labute approximate surface area is 388 Å². The van der Waals surface area contributed by atoms with Gasteiger partial charge in [0.15, 0.2) is 0 Å². The van der Waals surface area contributed by atoms with Gasteiger partial charge in [-0.15, -0.1) is 0 Å². The highest BCUT2D eigenvalue weighted by atomic mass is 16.5. The van der Waals surface area contributed by atoms with E-state index in [-0.39, 0.29) is 16.2 Å². The van der Waals surface area contributed by atoms with E-state index in [9.17, 15) is 0 Å². The SMILES string of the molecule is C=C1/C=C\CCO/C(=C(/C=C\C)N/C=C/C2=C(\C=C/C3(C)C=C(C)C(C4=C(C)c5ccc6ccccc6c5C4(C)C)=CC3)CC(C)(C)c3c(c4ccccc4c4ccccc34)C/C=C\2)C1. The van der Waals surface area contributed by atoms with Crippen LogP contribution >= 0.6 is 0 Å². The van der Waals surface area contributed by atoms with Crippen molar-refractivity contribution in [1.82, 2.24) is 5.32 Å². The maximum absolute atomic E-state index is 6.30. The molecule has 65 heavy (non-hydrogen) atoms. The summed E-state index contributed by atoms with van der Waals surface area (Å²) in [4.78, 5) is 0. The first-order chi connectivity index (χ1) is 31.3. The van der Waals surface area contributed by atoms with E-state index in [1.54, 1.807) is 0 Å². The van der Waals surface area contributed by atoms with Crippen LogP contribution in [-0.2, 0) is 22.0 Å². The Hall–Kier alpha value is -6.38. The normalized spacial score (nSPS) is 24.0. The van der Waals surface area contributed by atoms with Gasteiger partial charge in [0.1, 0.15) is 5.76 Å². The lowest BCUT2D eigenvalue weighted by Crippen LogP contribution is -2.22. The van der Waals surface area contributed by atoms with Crippen molar-refractivity contribution in [2.45, 2.75) is 98.3 Å². The van der Waals surface area contributed by atoms with Crippen LogP contribution in [0.15, 0.2) is 209 Å². The molecule has 4 aliphatic rings. The Morgan fingerprint density at radius 3 is 2.23 bits per heavy atom. The zero-order valence-electron chi connectivity index (χ0n) is 39.9. The molecular formula is C63H65NO. The number of fused-ring (bicyclic) bond motifs is 9. The Bertz CT molecular complexity index is 3080. The lowest BCUT2D eigenvalue weighted by atomic mass is 9.70. The van der Waals surface area contributed by atoms with Gasteiger partial charge in [0, 0.05) is 23.5 Å². The van der Waals surface area contributed by atoms with Crippen molar-refractivity contribution in [3.05, 3.63) is 232 Å². The van der Waals surface area contributed by atoms with Crippen LogP contribution in [0, 0.1) is 5.41 Å². The van der Waals surface area contributed by atoms with Gasteiger partial charge in [-0.25, -0.2) is 0 Å². The lowest BCUT2D eigenvalue weighted by molar-refractivity contribution is 0.206. The van der Waals surface area contributed by atoms with Crippen molar-refractivity contribution in [1.29, 1.82) is 0 Å². The van der Waals surface area contributed by atoms with E-state index in [1.165, 1.54) is 88.0 Å². The molecule has 1 unspecified atom stereocenters. The maximum Gasteiger partial charge on any atom is 0.124 e. The zero-order valence-corrected chi connectivity index (χ0v) is 39.9. The van der Waals surface area contributed by atoms with Crippen molar-refractivity contribution in [2.75, 3.05) is 6.61 Å². The smallest absolute Gasteiger partial charge is 0.124 e. The molecule has 1 N–H and O–H groups in total. The second-order valence-corrected chi connectivity index (χ2v) is 20.1. The zero-order chi connectivity index (χ0) is 45.5. The molecule has 5 aromatic carbocycles. The molecule has 0 amide bonds. The third kappa shape index (κ3) is 8.29. The summed E-state index contributed by atoms with van der Waals surface area (Å²) in [5, 5.41) is 11.7. The average molecular weight is 852 g/mol. The third-order valence-corrected chi connectivity index (χ3v) is 14.4. The molecule has 0 saturated heterocycles. The molecule has 0 aromatic heterocycles. The second-order valence-electron chi connectivity index (χ2n) is 20.1. The molecule has 1 aliphatic heterocycles. The van der Waals surface area contributed by atoms with Gasteiger partial charge in [-0.3, -0.25) is 0 Å². The van der Waals surface area contributed by atoms with E-state index in [2.05, 4.69) is 225 Å². The van der Waals surface area contributed by atoms with Crippen LogP contribution < -0.4 is 5.32 Å². The minimum Gasteiger partial charge on any atom is -0.495 e. The number of ether oxygens (including phenoxy) is 1. The van der Waals surface area contributed by atoms with E-state index in [4.69, 9.17) is 4.74 Å². The standard InChI is InChI=1S/C63H65NO/c1-10-20-56(57-39-42(2)21-17-18-38-65-57)64-37-34-45-23-19-29-55-53-26-14-13-25-51(53)52-27-15-16-28-54(52)59(55)61(5,6)41-47(45)32-35-63(9)36-33-48(43(3)40-63)58-44(4)49-31-30-46-22-11-12-24-50(46)60(49)62(58,7)8/h10-17,19-28,30-35,37,40,64H,2,18,29,36,38-39,41H2,1,3-9H3/b20-10-,21-17-,23-19-,35-32-,37-34+,47-45+,57-56-. The summed E-state index contributed by atoms with van der Waals surface area (Å²) in [6, 6.07) is 31.6. The fraction of sp³-hybridized carbons (Fsp3) is 0.270. The molecule has 9 rings (SSSR count). The van der Waals surface area contributed by atoms with Crippen LogP contribution in [0.2, 0.25) is 0 Å². The fourth-order valence-electron chi connectivity index (χ4n) is 11.5. The molecule has 0 spiro atoms. The molecular weight excluding hydrogens is 787 g/mol. The van der Waals surface area contributed by atoms with Crippen LogP contribution in [0.4, 0.5) is 0 Å². The van der Waals surface area contributed by atoms with Gasteiger partial charge in [-0.1, -0.05) is 181 Å². The van der Waals surface area contributed by atoms with Crippen molar-refractivity contribution in [2.24, 2.45) is 5.41 Å². The molecule has 2 heteroatoms. The van der Waals surface area contributed by atoms with Crippen LogP contribution in [0.5, 0.6) is 0 Å². The van der Waals surface area contributed by atoms with Gasteiger partial charge in [-0.05, 0) is 158 Å². The lowest BCUT2D eigenvalue weighted by Gasteiger charge is -2.34. The van der Waals surface area contributed by atoms with E-state index < -0.39 is 0 Å². The number of rotatable bonds is 7. The van der Waals surface area contributed by atoms with Gasteiger partial charge in [-0.2, -0.15) is 0 Å². The molecule has 0 fully saturated rings. The van der Waals surface area contributed by atoms with Gasteiger partial charge in [0.05, 0.1) is 12.3 Å². The molecule has 0 saturated carbocycles. The Morgan fingerprint density at radius 2 is 1.48 bits per heavy atom. The average Bonchev–Trinajstić information content (AvgIpc) is 3.51. The highest BCUT2D eigenvalue weighted by Crippen LogP contribution is 2.54. The van der Waals surface area contributed by atoms with Crippen molar-refractivity contribution >= 4 is 37.9 Å². The van der Waals surface area contributed by atoms with Gasteiger partial charge < -0.3 is 10.1 Å². The summed E-state index contributed by atoms with van der Waals surface area (Å²) in [6.07, 6.45) is 31.7. The summed E-state index contributed by atoms with van der Waals surface area (Å²) in [5.74, 6) is 0.917. The van der Waals surface area contributed by atoms with Crippen LogP contribution in [0.3, 0.4) is 0 Å². The fourth-order valence-corrected chi connectivity index (χ4v) is 11.5. The third-order valence-electron chi connectivity index (χ3n) is 14.4. The number of hydrogen-bond acceptors (Lipinski definition) is 2. The van der Waals surface area contributed by atoms with E-state index in [0.717, 1.165) is 42.7 Å². The Kier molecular flexibility index (Phi) is 11.8. The summed E-state index contributed by atoms with van der Waals surface area (Å²) >= 11 is 0. The summed E-state index contributed by atoms with van der Waals surface area (Å²) in [5.41, 5.74) is 15.4. The molecule has 3 aliphatic carbocycles. The maximum atomic E-state index is 6.30. The van der Waals surface area contributed by atoms with Crippen LogP contribution in [-0.4, -0.2) is 6.61 Å². The van der Waals surface area contributed by atoms with Gasteiger partial charge in [0.2, 0.25) is 0 Å². The number of hydrogen-bond donors (Lipinski definition) is 1. The summed E-state index contributed by atoms with van der Waals surface area (Å²) in [6.45, 7) is 23.8. The first-order valence-corrected chi connectivity index (χ1v) is 23.7. The summed E-state index contributed by atoms with van der Waals surface area (Å²) < 4.78 is 6.30. The van der Waals surface area contributed by atoms with Gasteiger partial charge in [0.25, 0.3) is 0 Å². The highest BCUT2D eigenvalue weighted by molar-refractivity contribution is 6.11. The van der Waals surface area contributed by atoms with Crippen molar-refractivity contribution in [3.8, 4) is 0 Å². The molecule has 0 bridgehead atoms. The number of benzene rings is 5. The largest absolute Gasteiger partial charge is 0.495 e. The molecule has 5 aromatic rings. The Morgan fingerprint density at radius 1 is 0.769 bits per heavy atom. The molecule has 328 valence electrons. The van der Waals surface area contributed by atoms with Gasteiger partial charge >= 0.3 is 0 Å². The first-order valence-electron chi connectivity index (χ1n) is 23.7. The number of nitrogens with one attached hydrogen (secondary N) is 1. The monoisotopic (exact) mass is 852 g/mol. The predicted molar refractivity (Wildman–Crippen MR) is 280 cm³/mol. The van der Waals surface area contributed by atoms with E-state index >= 15 is 0 Å². The first kappa shape index (κ1) is 43.9. The highest BCUT2D eigenvalue weighted by Gasteiger charge is 2.40. The molecule has 0 radical (unpaired) electrons. The minimum absolute atomic E-state index is 0.110. The van der Waals surface area contributed by atoms with E-state index in [0.29, 0.717) is 13.0 Å². The predicted octanol–water partition coefficient (Wildman–Crippen LogP) is 16.6. The van der Waals surface area contributed by atoms with Crippen molar-refractivity contribution in [3.63, 3.8) is 0 Å².